The van der Waals surface area contributed by atoms with E-state index in [1.807, 2.05) is 13.8 Å². The minimum atomic E-state index is -1.31. The van der Waals surface area contributed by atoms with Crippen LogP contribution in [0.4, 0.5) is 0 Å². The van der Waals surface area contributed by atoms with Crippen LogP contribution in [-0.2, 0) is 9.53 Å². The molecule has 110 valence electrons. The Morgan fingerprint density at radius 3 is 2.57 bits per heavy atom. The van der Waals surface area contributed by atoms with Gasteiger partial charge in [-0.2, -0.15) is 5.26 Å². The maximum absolute atomic E-state index is 11.6. The van der Waals surface area contributed by atoms with Crippen molar-refractivity contribution in [2.24, 2.45) is 5.92 Å². The van der Waals surface area contributed by atoms with E-state index in [9.17, 15) is 14.7 Å². The number of nitrogens with zero attached hydrogens (tertiary/aromatic N) is 1. The van der Waals surface area contributed by atoms with Gasteiger partial charge in [-0.05, 0) is 24.1 Å². The van der Waals surface area contributed by atoms with Crippen LogP contribution in [0.25, 0.3) is 5.57 Å². The lowest BCUT2D eigenvalue weighted by atomic mass is 10.00. The molecule has 6 heteroatoms. The SMILES string of the molecule is CC(C)COC(=O)C=C(C#N)c1ccc(O)cc1C(=O)O. The van der Waals surface area contributed by atoms with E-state index in [0.717, 1.165) is 12.1 Å². The Balaban J connectivity index is 3.14. The first kappa shape index (κ1) is 16.2. The number of allylic oxidation sites excluding steroid dienone is 1. The molecule has 0 amide bonds. The summed E-state index contributed by atoms with van der Waals surface area (Å²) in [6, 6.07) is 5.29. The van der Waals surface area contributed by atoms with Gasteiger partial charge in [0.25, 0.3) is 0 Å². The number of carbonyl (C=O) groups excluding carboxylic acids is 1. The van der Waals surface area contributed by atoms with Gasteiger partial charge < -0.3 is 14.9 Å². The molecule has 0 radical (unpaired) electrons. The molecule has 0 aliphatic rings. The van der Waals surface area contributed by atoms with Crippen LogP contribution in [0.15, 0.2) is 24.3 Å². The average Bonchev–Trinajstić information content (AvgIpc) is 2.42. The zero-order chi connectivity index (χ0) is 16.0. The highest BCUT2D eigenvalue weighted by Gasteiger charge is 2.16. The summed E-state index contributed by atoms with van der Waals surface area (Å²) < 4.78 is 4.92. The van der Waals surface area contributed by atoms with Gasteiger partial charge in [-0.25, -0.2) is 9.59 Å². The van der Waals surface area contributed by atoms with Crippen LogP contribution in [0.1, 0.15) is 29.8 Å². The van der Waals surface area contributed by atoms with E-state index in [2.05, 4.69) is 0 Å². The van der Waals surface area contributed by atoms with Gasteiger partial charge in [0.15, 0.2) is 0 Å². The minimum absolute atomic E-state index is 0.0456. The van der Waals surface area contributed by atoms with E-state index in [1.165, 1.54) is 12.1 Å². The Morgan fingerprint density at radius 1 is 1.38 bits per heavy atom. The normalized spacial score (nSPS) is 11.0. The number of ether oxygens (including phenoxy) is 1. The van der Waals surface area contributed by atoms with Gasteiger partial charge in [0.1, 0.15) is 11.8 Å². The molecule has 0 aliphatic carbocycles. The van der Waals surface area contributed by atoms with Crippen LogP contribution in [-0.4, -0.2) is 28.8 Å². The van der Waals surface area contributed by atoms with Gasteiger partial charge in [-0.15, -0.1) is 0 Å². The third kappa shape index (κ3) is 4.66. The topological polar surface area (TPSA) is 108 Å². The van der Waals surface area contributed by atoms with Crippen LogP contribution in [0.5, 0.6) is 5.75 Å². The van der Waals surface area contributed by atoms with Crippen molar-refractivity contribution < 1.29 is 24.5 Å². The quantitative estimate of drug-likeness (QED) is 0.488. The highest BCUT2D eigenvalue weighted by molar-refractivity contribution is 6.01. The summed E-state index contributed by atoms with van der Waals surface area (Å²) in [5.41, 5.74) is -0.357. The summed E-state index contributed by atoms with van der Waals surface area (Å²) in [7, 11) is 0. The molecule has 1 aromatic carbocycles. The fourth-order valence-electron chi connectivity index (χ4n) is 1.52. The summed E-state index contributed by atoms with van der Waals surface area (Å²) in [4.78, 5) is 22.7. The number of carbonyl (C=O) groups is 2. The smallest absolute Gasteiger partial charge is 0.336 e. The molecule has 0 aromatic heterocycles. The second-order valence-electron chi connectivity index (χ2n) is 4.73. The molecule has 0 unspecified atom stereocenters. The summed E-state index contributed by atoms with van der Waals surface area (Å²) >= 11 is 0. The lowest BCUT2D eigenvalue weighted by Gasteiger charge is -2.07. The van der Waals surface area contributed by atoms with Gasteiger partial charge in [-0.1, -0.05) is 13.8 Å². The third-order valence-corrected chi connectivity index (χ3v) is 2.47. The van der Waals surface area contributed by atoms with Crippen molar-refractivity contribution >= 4 is 17.5 Å². The van der Waals surface area contributed by atoms with E-state index in [4.69, 9.17) is 15.1 Å². The lowest BCUT2D eigenvalue weighted by molar-refractivity contribution is -0.138. The number of hydrogen-bond donors (Lipinski definition) is 2. The molecule has 1 aromatic rings. The van der Waals surface area contributed by atoms with Gasteiger partial charge in [0.2, 0.25) is 0 Å². The number of benzene rings is 1. The van der Waals surface area contributed by atoms with Crippen LogP contribution in [0.2, 0.25) is 0 Å². The predicted molar refractivity (Wildman–Crippen MR) is 74.5 cm³/mol. The van der Waals surface area contributed by atoms with Crippen LogP contribution in [0, 0.1) is 17.2 Å². The number of esters is 1. The highest BCUT2D eigenvalue weighted by atomic mass is 16.5. The van der Waals surface area contributed by atoms with Crippen LogP contribution < -0.4 is 0 Å². The maximum Gasteiger partial charge on any atom is 0.336 e. The molecular weight excluding hydrogens is 274 g/mol. The van der Waals surface area contributed by atoms with Crippen molar-refractivity contribution in [3.63, 3.8) is 0 Å². The van der Waals surface area contributed by atoms with Crippen molar-refractivity contribution in [1.29, 1.82) is 5.26 Å². The molecule has 0 saturated heterocycles. The summed E-state index contributed by atoms with van der Waals surface area (Å²) in [5.74, 6) is -2.12. The number of carboxylic acid groups (broad SMARTS) is 1. The monoisotopic (exact) mass is 289 g/mol. The van der Waals surface area contributed by atoms with Crippen molar-refractivity contribution in [3.8, 4) is 11.8 Å². The molecule has 0 saturated carbocycles. The highest BCUT2D eigenvalue weighted by Crippen LogP contribution is 2.23. The molecule has 0 bridgehead atoms. The van der Waals surface area contributed by atoms with Crippen LogP contribution >= 0.6 is 0 Å². The van der Waals surface area contributed by atoms with E-state index in [0.29, 0.717) is 0 Å². The van der Waals surface area contributed by atoms with E-state index in [1.54, 1.807) is 6.07 Å². The number of aromatic carboxylic acids is 1. The first-order valence-electron chi connectivity index (χ1n) is 6.20. The van der Waals surface area contributed by atoms with Gasteiger partial charge >= 0.3 is 11.9 Å². The number of hydrogen-bond acceptors (Lipinski definition) is 5. The fraction of sp³-hybridized carbons (Fsp3) is 0.267. The number of nitriles is 1. The summed E-state index contributed by atoms with van der Waals surface area (Å²) in [5, 5.41) is 27.5. The second-order valence-corrected chi connectivity index (χ2v) is 4.73. The predicted octanol–water partition coefficient (Wildman–Crippen LogP) is 2.20. The Labute approximate surface area is 121 Å². The van der Waals surface area contributed by atoms with Gasteiger partial charge in [0.05, 0.1) is 17.7 Å². The number of carboxylic acids is 1. The largest absolute Gasteiger partial charge is 0.508 e. The molecule has 0 spiro atoms. The Bertz CT molecular complexity index is 625. The van der Waals surface area contributed by atoms with E-state index < -0.39 is 11.9 Å². The van der Waals surface area contributed by atoms with Crippen LogP contribution in [0.3, 0.4) is 0 Å². The number of rotatable bonds is 5. The molecule has 2 N–H and O–H groups in total. The lowest BCUT2D eigenvalue weighted by Crippen LogP contribution is -2.08. The molecule has 0 heterocycles. The fourth-order valence-corrected chi connectivity index (χ4v) is 1.52. The van der Waals surface area contributed by atoms with E-state index >= 15 is 0 Å². The Morgan fingerprint density at radius 2 is 2.05 bits per heavy atom. The Kier molecular flexibility index (Phi) is 5.49. The van der Waals surface area contributed by atoms with E-state index in [-0.39, 0.29) is 35.0 Å². The first-order valence-corrected chi connectivity index (χ1v) is 6.20. The average molecular weight is 289 g/mol. The number of phenols is 1. The van der Waals surface area contributed by atoms with Crippen molar-refractivity contribution in [2.45, 2.75) is 13.8 Å². The Hall–Kier alpha value is -2.81. The van der Waals surface area contributed by atoms with Crippen molar-refractivity contribution in [1.82, 2.24) is 0 Å². The molecular formula is C15H15NO5. The zero-order valence-electron chi connectivity index (χ0n) is 11.7. The first-order chi connectivity index (χ1) is 9.85. The zero-order valence-corrected chi connectivity index (χ0v) is 11.7. The number of aromatic hydroxyl groups is 1. The van der Waals surface area contributed by atoms with Crippen molar-refractivity contribution in [2.75, 3.05) is 6.61 Å². The second kappa shape index (κ2) is 7.10. The molecule has 0 fully saturated rings. The summed E-state index contributed by atoms with van der Waals surface area (Å²) in [6.45, 7) is 3.94. The van der Waals surface area contributed by atoms with Crippen molar-refractivity contribution in [3.05, 3.63) is 35.4 Å². The molecule has 1 rings (SSSR count). The standard InChI is InChI=1S/C15H15NO5/c1-9(2)8-21-14(18)5-10(7-16)12-4-3-11(17)6-13(12)15(19)20/h3-6,9,17H,8H2,1-2H3,(H,19,20). The molecule has 0 aliphatic heterocycles. The van der Waals surface area contributed by atoms with Gasteiger partial charge in [0, 0.05) is 11.6 Å². The maximum atomic E-state index is 11.6. The molecule has 0 atom stereocenters. The minimum Gasteiger partial charge on any atom is -0.508 e. The number of phenolic OH excluding ortho intramolecular Hbond substituents is 1. The van der Waals surface area contributed by atoms with Gasteiger partial charge in [-0.3, -0.25) is 0 Å². The third-order valence-electron chi connectivity index (χ3n) is 2.47. The molecule has 21 heavy (non-hydrogen) atoms. The molecule has 6 nitrogen and oxygen atoms in total. The summed E-state index contributed by atoms with van der Waals surface area (Å²) in [6.07, 6.45) is 0.946.